The highest BCUT2D eigenvalue weighted by Gasteiger charge is 2.25. The first-order valence-corrected chi connectivity index (χ1v) is 10.7. The van der Waals surface area contributed by atoms with Gasteiger partial charge in [-0.1, -0.05) is 11.2 Å². The molecule has 0 bridgehead atoms. The Hall–Kier alpha value is -1.57. The molecule has 1 saturated heterocycles. The van der Waals surface area contributed by atoms with E-state index in [0.29, 0.717) is 12.3 Å². The molecule has 1 aliphatic heterocycles. The standard InChI is InChI=1S/C20H28N4O2S.ClH/c1-15-19(16(2)26-23-15)13-27-14-20(25)24(12-17-6-3-4-10-22-17)18-7-5-9-21-11-8-18;/h3-4,6,10,18,21H,5,7-9,11-14H2,1-2H3;1H. The summed E-state index contributed by atoms with van der Waals surface area (Å²) in [6.07, 6.45) is 4.93. The van der Waals surface area contributed by atoms with Gasteiger partial charge in [0.2, 0.25) is 5.91 Å². The van der Waals surface area contributed by atoms with Gasteiger partial charge < -0.3 is 14.7 Å². The second-order valence-corrected chi connectivity index (χ2v) is 7.96. The van der Waals surface area contributed by atoms with E-state index in [1.165, 1.54) is 0 Å². The van der Waals surface area contributed by atoms with Crippen molar-refractivity contribution in [3.05, 3.63) is 47.1 Å². The van der Waals surface area contributed by atoms with Crippen molar-refractivity contribution in [2.45, 2.75) is 51.4 Å². The van der Waals surface area contributed by atoms with E-state index in [-0.39, 0.29) is 24.4 Å². The summed E-state index contributed by atoms with van der Waals surface area (Å²) in [5.41, 5.74) is 2.95. The average molecular weight is 425 g/mol. The van der Waals surface area contributed by atoms with E-state index in [9.17, 15) is 4.79 Å². The number of thioether (sulfide) groups is 1. The second kappa shape index (κ2) is 11.4. The molecule has 0 saturated carbocycles. The van der Waals surface area contributed by atoms with Crippen LogP contribution in [0.4, 0.5) is 0 Å². The number of hydrogen-bond donors (Lipinski definition) is 1. The maximum atomic E-state index is 13.1. The molecule has 1 fully saturated rings. The predicted molar refractivity (Wildman–Crippen MR) is 115 cm³/mol. The normalized spacial score (nSPS) is 16.9. The molecule has 3 rings (SSSR count). The van der Waals surface area contributed by atoms with Crippen LogP contribution in [0, 0.1) is 13.8 Å². The summed E-state index contributed by atoms with van der Waals surface area (Å²) in [4.78, 5) is 19.5. The van der Waals surface area contributed by atoms with Gasteiger partial charge in [-0.15, -0.1) is 24.2 Å². The maximum absolute atomic E-state index is 13.1. The summed E-state index contributed by atoms with van der Waals surface area (Å²) in [6.45, 7) is 6.44. The van der Waals surface area contributed by atoms with E-state index >= 15 is 0 Å². The molecule has 1 aliphatic rings. The number of nitrogens with zero attached hydrogens (tertiary/aromatic N) is 3. The minimum absolute atomic E-state index is 0. The van der Waals surface area contributed by atoms with Crippen LogP contribution in [0.15, 0.2) is 28.9 Å². The molecule has 28 heavy (non-hydrogen) atoms. The number of rotatable bonds is 7. The highest BCUT2D eigenvalue weighted by atomic mass is 35.5. The molecule has 3 heterocycles. The zero-order valence-electron chi connectivity index (χ0n) is 16.5. The van der Waals surface area contributed by atoms with Gasteiger partial charge >= 0.3 is 0 Å². The third kappa shape index (κ3) is 6.22. The first-order valence-electron chi connectivity index (χ1n) is 9.54. The Bertz CT molecular complexity index is 714. The number of nitrogens with one attached hydrogen (secondary N) is 1. The van der Waals surface area contributed by atoms with Crippen molar-refractivity contribution in [2.75, 3.05) is 18.8 Å². The molecule has 154 valence electrons. The van der Waals surface area contributed by atoms with Crippen LogP contribution in [0.5, 0.6) is 0 Å². The molecular weight excluding hydrogens is 396 g/mol. The second-order valence-electron chi connectivity index (χ2n) is 6.97. The lowest BCUT2D eigenvalue weighted by Gasteiger charge is -2.31. The number of carbonyl (C=O) groups excluding carboxylic acids is 1. The quantitative estimate of drug-likeness (QED) is 0.733. The van der Waals surface area contributed by atoms with Crippen molar-refractivity contribution in [3.63, 3.8) is 0 Å². The van der Waals surface area contributed by atoms with Gasteiger partial charge in [0.15, 0.2) is 0 Å². The summed E-state index contributed by atoms with van der Waals surface area (Å²) in [7, 11) is 0. The highest BCUT2D eigenvalue weighted by Crippen LogP contribution is 2.22. The largest absolute Gasteiger partial charge is 0.361 e. The molecule has 1 N–H and O–H groups in total. The van der Waals surface area contributed by atoms with Gasteiger partial charge in [0, 0.05) is 23.6 Å². The third-order valence-corrected chi connectivity index (χ3v) is 5.96. The molecule has 2 aromatic rings. The van der Waals surface area contributed by atoms with E-state index in [2.05, 4.69) is 15.5 Å². The Kier molecular flexibility index (Phi) is 9.28. The molecule has 1 unspecified atom stereocenters. The van der Waals surface area contributed by atoms with Crippen molar-refractivity contribution in [2.24, 2.45) is 0 Å². The van der Waals surface area contributed by atoms with E-state index in [1.54, 1.807) is 18.0 Å². The fourth-order valence-electron chi connectivity index (χ4n) is 3.43. The fraction of sp³-hybridized carbons (Fsp3) is 0.550. The van der Waals surface area contributed by atoms with Crippen LogP contribution in [0.25, 0.3) is 0 Å². The minimum Gasteiger partial charge on any atom is -0.361 e. The minimum atomic E-state index is 0. The molecule has 0 radical (unpaired) electrons. The summed E-state index contributed by atoms with van der Waals surface area (Å²) in [5, 5.41) is 7.42. The molecule has 1 atom stereocenters. The van der Waals surface area contributed by atoms with Crippen LogP contribution < -0.4 is 5.32 Å². The summed E-state index contributed by atoms with van der Waals surface area (Å²) in [5.74, 6) is 2.23. The molecule has 1 amide bonds. The van der Waals surface area contributed by atoms with Gasteiger partial charge in [0.25, 0.3) is 0 Å². The van der Waals surface area contributed by atoms with Crippen LogP contribution in [0.3, 0.4) is 0 Å². The lowest BCUT2D eigenvalue weighted by Crippen LogP contribution is -2.41. The summed E-state index contributed by atoms with van der Waals surface area (Å²) in [6, 6.07) is 6.15. The van der Waals surface area contributed by atoms with Crippen LogP contribution in [-0.2, 0) is 17.1 Å². The van der Waals surface area contributed by atoms with Crippen LogP contribution in [0.2, 0.25) is 0 Å². The third-order valence-electron chi connectivity index (χ3n) is 5.02. The zero-order chi connectivity index (χ0) is 19.1. The van der Waals surface area contributed by atoms with E-state index < -0.39 is 0 Å². The average Bonchev–Trinajstić information content (AvgIpc) is 2.88. The number of aromatic nitrogens is 2. The molecule has 0 aliphatic carbocycles. The Balaban J connectivity index is 0.00000280. The van der Waals surface area contributed by atoms with Gasteiger partial charge in [-0.25, -0.2) is 0 Å². The fourth-order valence-corrected chi connectivity index (χ4v) is 4.49. The van der Waals surface area contributed by atoms with Crippen LogP contribution in [0.1, 0.15) is 42.0 Å². The number of hydrogen-bond acceptors (Lipinski definition) is 6. The number of pyridine rings is 1. The van der Waals surface area contributed by atoms with Gasteiger partial charge in [-0.2, -0.15) is 0 Å². The Labute approximate surface area is 177 Å². The molecule has 2 aromatic heterocycles. The van der Waals surface area contributed by atoms with Gasteiger partial charge in [0.1, 0.15) is 5.76 Å². The zero-order valence-corrected chi connectivity index (χ0v) is 18.2. The first kappa shape index (κ1) is 22.7. The SMILES string of the molecule is Cc1noc(C)c1CSCC(=O)N(Cc1ccccn1)C1CCCNCC1.Cl. The van der Waals surface area contributed by atoms with Gasteiger partial charge in [-0.3, -0.25) is 9.78 Å². The number of aryl methyl sites for hydroxylation is 2. The van der Waals surface area contributed by atoms with Crippen LogP contribution in [-0.4, -0.2) is 45.8 Å². The highest BCUT2D eigenvalue weighted by molar-refractivity contribution is 7.99. The Morgan fingerprint density at radius 1 is 1.32 bits per heavy atom. The van der Waals surface area contributed by atoms with E-state index in [4.69, 9.17) is 4.52 Å². The number of halogens is 1. The summed E-state index contributed by atoms with van der Waals surface area (Å²) < 4.78 is 5.21. The number of amides is 1. The maximum Gasteiger partial charge on any atom is 0.233 e. The lowest BCUT2D eigenvalue weighted by atomic mass is 10.1. The topological polar surface area (TPSA) is 71.3 Å². The molecular formula is C20H29ClN4O2S. The van der Waals surface area contributed by atoms with Crippen LogP contribution >= 0.6 is 24.2 Å². The van der Waals surface area contributed by atoms with Crippen molar-refractivity contribution < 1.29 is 9.32 Å². The molecule has 0 spiro atoms. The van der Waals surface area contributed by atoms with E-state index in [0.717, 1.165) is 60.8 Å². The van der Waals surface area contributed by atoms with Crippen molar-refractivity contribution in [1.82, 2.24) is 20.4 Å². The van der Waals surface area contributed by atoms with Gasteiger partial charge in [-0.05, 0) is 58.3 Å². The van der Waals surface area contributed by atoms with Crippen molar-refractivity contribution in [3.8, 4) is 0 Å². The molecule has 8 heteroatoms. The molecule has 0 aromatic carbocycles. The Morgan fingerprint density at radius 2 is 2.18 bits per heavy atom. The summed E-state index contributed by atoms with van der Waals surface area (Å²) >= 11 is 1.63. The smallest absolute Gasteiger partial charge is 0.233 e. The Morgan fingerprint density at radius 3 is 2.89 bits per heavy atom. The first-order chi connectivity index (χ1) is 13.1. The van der Waals surface area contributed by atoms with Crippen molar-refractivity contribution >= 4 is 30.1 Å². The van der Waals surface area contributed by atoms with E-state index in [1.807, 2.05) is 36.9 Å². The predicted octanol–water partition coefficient (Wildman–Crippen LogP) is 3.51. The van der Waals surface area contributed by atoms with Gasteiger partial charge in [0.05, 0.1) is 23.7 Å². The monoisotopic (exact) mass is 424 g/mol. The molecule has 6 nitrogen and oxygen atoms in total. The van der Waals surface area contributed by atoms with Crippen molar-refractivity contribution in [1.29, 1.82) is 0 Å². The number of carbonyl (C=O) groups is 1. The lowest BCUT2D eigenvalue weighted by molar-refractivity contribution is -0.131.